The number of thiazole rings is 1. The van der Waals surface area contributed by atoms with Gasteiger partial charge in [-0.15, -0.1) is 11.3 Å². The van der Waals surface area contributed by atoms with Crippen molar-refractivity contribution in [1.29, 1.82) is 0 Å². The van der Waals surface area contributed by atoms with Crippen LogP contribution in [0.15, 0.2) is 87.8 Å². The van der Waals surface area contributed by atoms with Crippen LogP contribution in [0.1, 0.15) is 5.56 Å². The second kappa shape index (κ2) is 7.54. The molecule has 0 aliphatic heterocycles. The van der Waals surface area contributed by atoms with Gasteiger partial charge in [-0.1, -0.05) is 30.3 Å². The van der Waals surface area contributed by atoms with Crippen molar-refractivity contribution in [3.05, 3.63) is 94.6 Å². The van der Waals surface area contributed by atoms with Gasteiger partial charge in [-0.3, -0.25) is 0 Å². The first-order valence-corrected chi connectivity index (χ1v) is 9.24. The molecule has 4 aromatic rings. The molecular weight excluding hydrogens is 347 g/mol. The van der Waals surface area contributed by atoms with Gasteiger partial charge in [0, 0.05) is 11.9 Å². The number of benzene rings is 2. The number of aryl methyl sites for hydroxylation is 1. The van der Waals surface area contributed by atoms with Crippen LogP contribution in [0.4, 0.5) is 10.1 Å². The molecule has 0 radical (unpaired) electrons. The molecule has 0 spiro atoms. The van der Waals surface area contributed by atoms with Crippen LogP contribution in [0.2, 0.25) is 0 Å². The molecule has 0 unspecified atom stereocenters. The van der Waals surface area contributed by atoms with E-state index in [1.807, 2.05) is 54.6 Å². The van der Waals surface area contributed by atoms with Crippen LogP contribution < -0.4 is 4.80 Å². The third-order valence-electron chi connectivity index (χ3n) is 4.09. The first-order chi connectivity index (χ1) is 12.8. The van der Waals surface area contributed by atoms with Gasteiger partial charge in [0.2, 0.25) is 0 Å². The summed E-state index contributed by atoms with van der Waals surface area (Å²) in [4.78, 5) is 5.68. The summed E-state index contributed by atoms with van der Waals surface area (Å²) in [6, 6.07) is 20.4. The maximum Gasteiger partial charge on any atom is 0.190 e. The van der Waals surface area contributed by atoms with Gasteiger partial charge >= 0.3 is 0 Å². The van der Waals surface area contributed by atoms with Crippen molar-refractivity contribution in [3.63, 3.8) is 0 Å². The van der Waals surface area contributed by atoms with Crippen molar-refractivity contribution in [3.8, 4) is 11.5 Å². The number of hydrogen-bond donors (Lipinski definition) is 0. The summed E-state index contributed by atoms with van der Waals surface area (Å²) >= 11 is 1.58. The largest absolute Gasteiger partial charge is 0.463 e. The highest BCUT2D eigenvalue weighted by atomic mass is 32.1. The molecule has 2 heterocycles. The molecule has 0 atom stereocenters. The van der Waals surface area contributed by atoms with E-state index in [0.717, 1.165) is 40.5 Å². The smallest absolute Gasteiger partial charge is 0.190 e. The lowest BCUT2D eigenvalue weighted by Crippen LogP contribution is -2.17. The normalized spacial score (nSPS) is 11.8. The predicted octanol–water partition coefficient (Wildman–Crippen LogP) is 5.42. The second-order valence-electron chi connectivity index (χ2n) is 5.86. The molecule has 4 rings (SSSR count). The SMILES string of the molecule is Fc1ccc(CCn2c(-c3ccco3)csc2=Nc2ccccc2)cc1. The molecule has 2 aromatic heterocycles. The Morgan fingerprint density at radius 1 is 0.962 bits per heavy atom. The average molecular weight is 364 g/mol. The van der Waals surface area contributed by atoms with Crippen molar-refractivity contribution in [1.82, 2.24) is 4.57 Å². The van der Waals surface area contributed by atoms with Crippen LogP contribution in [-0.4, -0.2) is 4.57 Å². The standard InChI is InChI=1S/C21H17FN2OS/c22-17-10-8-16(9-11-17)12-13-24-19(20-7-4-14-25-20)15-26-21(24)23-18-5-2-1-3-6-18/h1-11,14-15H,12-13H2. The summed E-state index contributed by atoms with van der Waals surface area (Å²) in [5.41, 5.74) is 2.99. The number of furan rings is 1. The molecule has 0 saturated carbocycles. The predicted molar refractivity (Wildman–Crippen MR) is 102 cm³/mol. The van der Waals surface area contributed by atoms with Crippen LogP contribution in [0.3, 0.4) is 0 Å². The molecule has 2 aromatic carbocycles. The van der Waals surface area contributed by atoms with Gasteiger partial charge in [0.1, 0.15) is 5.82 Å². The molecule has 26 heavy (non-hydrogen) atoms. The summed E-state index contributed by atoms with van der Waals surface area (Å²) in [6.07, 6.45) is 2.46. The van der Waals surface area contributed by atoms with Gasteiger partial charge in [-0.25, -0.2) is 9.38 Å². The zero-order chi connectivity index (χ0) is 17.8. The van der Waals surface area contributed by atoms with Gasteiger partial charge in [-0.2, -0.15) is 0 Å². The van der Waals surface area contributed by atoms with Crippen molar-refractivity contribution in [2.24, 2.45) is 4.99 Å². The Morgan fingerprint density at radius 2 is 1.77 bits per heavy atom. The molecular formula is C21H17FN2OS. The van der Waals surface area contributed by atoms with Crippen LogP contribution in [-0.2, 0) is 13.0 Å². The minimum absolute atomic E-state index is 0.215. The van der Waals surface area contributed by atoms with Crippen molar-refractivity contribution in [2.45, 2.75) is 13.0 Å². The van der Waals surface area contributed by atoms with E-state index in [-0.39, 0.29) is 5.82 Å². The van der Waals surface area contributed by atoms with E-state index in [4.69, 9.17) is 9.41 Å². The minimum atomic E-state index is -0.215. The summed E-state index contributed by atoms with van der Waals surface area (Å²) in [7, 11) is 0. The van der Waals surface area contributed by atoms with E-state index < -0.39 is 0 Å². The Morgan fingerprint density at radius 3 is 2.50 bits per heavy atom. The first-order valence-electron chi connectivity index (χ1n) is 8.36. The third-order valence-corrected chi connectivity index (χ3v) is 4.95. The number of aromatic nitrogens is 1. The van der Waals surface area contributed by atoms with Crippen LogP contribution in [0, 0.1) is 5.82 Å². The fraction of sp³-hybridized carbons (Fsp3) is 0.0952. The number of halogens is 1. The van der Waals surface area contributed by atoms with E-state index in [1.165, 1.54) is 12.1 Å². The van der Waals surface area contributed by atoms with Gasteiger partial charge < -0.3 is 8.98 Å². The Hall–Kier alpha value is -2.92. The number of hydrogen-bond acceptors (Lipinski definition) is 3. The molecule has 130 valence electrons. The quantitative estimate of drug-likeness (QED) is 0.465. The molecule has 5 heteroatoms. The summed E-state index contributed by atoms with van der Waals surface area (Å²) in [5, 5.41) is 2.06. The van der Waals surface area contributed by atoms with E-state index in [2.05, 4.69) is 9.95 Å². The van der Waals surface area contributed by atoms with Crippen molar-refractivity contribution >= 4 is 17.0 Å². The van der Waals surface area contributed by atoms with E-state index >= 15 is 0 Å². The molecule has 0 aliphatic carbocycles. The van der Waals surface area contributed by atoms with Gasteiger partial charge in [0.25, 0.3) is 0 Å². The van der Waals surface area contributed by atoms with Gasteiger partial charge in [-0.05, 0) is 48.4 Å². The highest BCUT2D eigenvalue weighted by Crippen LogP contribution is 2.22. The Labute approximate surface area is 154 Å². The number of nitrogens with zero attached hydrogens (tertiary/aromatic N) is 2. The van der Waals surface area contributed by atoms with E-state index in [1.54, 1.807) is 17.6 Å². The third kappa shape index (κ3) is 3.68. The molecule has 0 fully saturated rings. The molecule has 3 nitrogen and oxygen atoms in total. The van der Waals surface area contributed by atoms with E-state index in [0.29, 0.717) is 0 Å². The fourth-order valence-electron chi connectivity index (χ4n) is 2.76. The lowest BCUT2D eigenvalue weighted by Gasteiger charge is -2.08. The highest BCUT2D eigenvalue weighted by molar-refractivity contribution is 7.07. The monoisotopic (exact) mass is 364 g/mol. The molecule has 0 bridgehead atoms. The Kier molecular flexibility index (Phi) is 4.80. The van der Waals surface area contributed by atoms with Crippen LogP contribution >= 0.6 is 11.3 Å². The average Bonchev–Trinajstić information content (AvgIpc) is 3.32. The molecule has 0 aliphatic rings. The summed E-state index contributed by atoms with van der Waals surface area (Å²) in [5.74, 6) is 0.600. The zero-order valence-electron chi connectivity index (χ0n) is 14.0. The maximum absolute atomic E-state index is 13.1. The topological polar surface area (TPSA) is 30.4 Å². The lowest BCUT2D eigenvalue weighted by molar-refractivity contribution is 0.568. The van der Waals surface area contributed by atoms with Gasteiger partial charge in [0.05, 0.1) is 17.6 Å². The summed E-state index contributed by atoms with van der Waals surface area (Å²) < 4.78 is 20.9. The lowest BCUT2D eigenvalue weighted by atomic mass is 10.1. The van der Waals surface area contributed by atoms with Crippen molar-refractivity contribution in [2.75, 3.05) is 0 Å². The maximum atomic E-state index is 13.1. The fourth-order valence-corrected chi connectivity index (χ4v) is 3.70. The summed E-state index contributed by atoms with van der Waals surface area (Å²) in [6.45, 7) is 0.733. The minimum Gasteiger partial charge on any atom is -0.463 e. The number of rotatable bonds is 5. The molecule has 0 saturated heterocycles. The van der Waals surface area contributed by atoms with Crippen molar-refractivity contribution < 1.29 is 8.81 Å². The Bertz CT molecular complexity index is 1030. The van der Waals surface area contributed by atoms with Gasteiger partial charge in [0.15, 0.2) is 10.6 Å². The van der Waals surface area contributed by atoms with Crippen LogP contribution in [0.5, 0.6) is 0 Å². The Balaban J connectivity index is 1.71. The molecule has 0 amide bonds. The highest BCUT2D eigenvalue weighted by Gasteiger charge is 2.10. The van der Waals surface area contributed by atoms with E-state index in [9.17, 15) is 4.39 Å². The van der Waals surface area contributed by atoms with Crippen LogP contribution in [0.25, 0.3) is 11.5 Å². The second-order valence-corrected chi connectivity index (χ2v) is 6.69. The first kappa shape index (κ1) is 16.5. The number of para-hydroxylation sites is 1. The molecule has 0 N–H and O–H groups in total. The zero-order valence-corrected chi connectivity index (χ0v) is 14.8.